The van der Waals surface area contributed by atoms with E-state index in [-0.39, 0.29) is 0 Å². The second-order valence-electron chi connectivity index (χ2n) is 8.52. The molecule has 0 radical (unpaired) electrons. The molecular formula is C22H25F6N5O4. The van der Waals surface area contributed by atoms with Gasteiger partial charge in [-0.05, 0) is 42.6 Å². The highest BCUT2D eigenvalue weighted by Gasteiger charge is 2.48. The number of pyridine rings is 1. The van der Waals surface area contributed by atoms with Gasteiger partial charge in [-0.3, -0.25) is 9.88 Å². The molecule has 1 spiro atoms. The number of carboxylic acid groups (broad SMARTS) is 2. The van der Waals surface area contributed by atoms with Crippen LogP contribution in [0.5, 0.6) is 0 Å². The van der Waals surface area contributed by atoms with Crippen LogP contribution in [-0.2, 0) is 22.6 Å². The molecule has 0 aliphatic carbocycles. The number of nitrogens with zero attached hydrogens (tertiary/aromatic N) is 5. The fourth-order valence-electron chi connectivity index (χ4n) is 3.77. The molecule has 9 nitrogen and oxygen atoms in total. The van der Waals surface area contributed by atoms with Gasteiger partial charge in [0.15, 0.2) is 0 Å². The van der Waals surface area contributed by atoms with E-state index in [9.17, 15) is 26.3 Å². The average Bonchev–Trinajstić information content (AvgIpc) is 3.23. The molecule has 0 bridgehead atoms. The first-order valence-corrected chi connectivity index (χ1v) is 10.9. The second-order valence-corrected chi connectivity index (χ2v) is 8.52. The maximum absolute atomic E-state index is 10.6. The summed E-state index contributed by atoms with van der Waals surface area (Å²) in [5.41, 5.74) is 3.00. The topological polar surface area (TPSA) is 120 Å². The van der Waals surface area contributed by atoms with E-state index >= 15 is 0 Å². The van der Waals surface area contributed by atoms with E-state index in [1.54, 1.807) is 0 Å². The number of hydrogen-bond acceptors (Lipinski definition) is 7. The van der Waals surface area contributed by atoms with Gasteiger partial charge in [0.1, 0.15) is 0 Å². The summed E-state index contributed by atoms with van der Waals surface area (Å²) in [6, 6.07) is 4.22. The van der Waals surface area contributed by atoms with Gasteiger partial charge in [-0.25, -0.2) is 19.6 Å². The zero-order valence-corrected chi connectivity index (χ0v) is 19.6. The molecule has 0 atom stereocenters. The van der Waals surface area contributed by atoms with Crippen molar-refractivity contribution in [2.24, 2.45) is 5.41 Å². The van der Waals surface area contributed by atoms with Crippen LogP contribution in [0.1, 0.15) is 24.5 Å². The minimum Gasteiger partial charge on any atom is -0.475 e. The zero-order chi connectivity index (χ0) is 27.9. The molecule has 0 amide bonds. The first kappa shape index (κ1) is 29.7. The number of aryl methyl sites for hydroxylation is 1. The van der Waals surface area contributed by atoms with Crippen molar-refractivity contribution in [3.05, 3.63) is 48.0 Å². The smallest absolute Gasteiger partial charge is 0.475 e. The first-order valence-electron chi connectivity index (χ1n) is 10.9. The van der Waals surface area contributed by atoms with Gasteiger partial charge in [0, 0.05) is 56.4 Å². The Kier molecular flexibility index (Phi) is 9.78. The predicted octanol–water partition coefficient (Wildman–Crippen LogP) is 3.41. The van der Waals surface area contributed by atoms with E-state index in [1.807, 2.05) is 24.8 Å². The monoisotopic (exact) mass is 537 g/mol. The molecule has 4 heterocycles. The van der Waals surface area contributed by atoms with Crippen molar-refractivity contribution in [3.8, 4) is 0 Å². The number of carboxylic acids is 2. The third-order valence-electron chi connectivity index (χ3n) is 5.59. The molecule has 37 heavy (non-hydrogen) atoms. The Morgan fingerprint density at radius 2 is 1.41 bits per heavy atom. The van der Waals surface area contributed by atoms with Gasteiger partial charge in [-0.2, -0.15) is 26.3 Å². The van der Waals surface area contributed by atoms with Crippen LogP contribution in [0, 0.1) is 5.41 Å². The second kappa shape index (κ2) is 12.2. The standard InChI is InChI=1S/C18H23N5.2C2HF3O2/c1-2-15-9-20-17(21-10-15)23-13-18(14-23)5-8-22(12-18)11-16-3-6-19-7-4-16;2*3-2(4,5)1(6)7/h3-4,6-7,9-10H,2,5,8,11-14H2,1H3;2*(H,6,7). The minimum absolute atomic E-state index is 0.444. The molecule has 2 N–H and O–H groups in total. The van der Waals surface area contributed by atoms with Gasteiger partial charge in [-0.1, -0.05) is 6.92 Å². The van der Waals surface area contributed by atoms with Gasteiger partial charge < -0.3 is 15.1 Å². The highest BCUT2D eigenvalue weighted by Crippen LogP contribution is 2.41. The quantitative estimate of drug-likeness (QED) is 0.566. The van der Waals surface area contributed by atoms with E-state index in [4.69, 9.17) is 19.8 Å². The number of likely N-dealkylation sites (tertiary alicyclic amines) is 1. The van der Waals surface area contributed by atoms with Crippen molar-refractivity contribution in [2.75, 3.05) is 31.1 Å². The molecule has 204 valence electrons. The SMILES string of the molecule is CCc1cnc(N2CC3(CCN(Cc4ccncc4)C3)C2)nc1.O=C(O)C(F)(F)F.O=C(O)C(F)(F)F. The van der Waals surface area contributed by atoms with Crippen LogP contribution in [-0.4, -0.2) is 80.5 Å². The van der Waals surface area contributed by atoms with Gasteiger partial charge >= 0.3 is 24.3 Å². The van der Waals surface area contributed by atoms with Crippen molar-refractivity contribution < 1.29 is 46.1 Å². The summed E-state index contributed by atoms with van der Waals surface area (Å²) in [6.07, 6.45) is -0.224. The molecule has 2 fully saturated rings. The lowest BCUT2D eigenvalue weighted by molar-refractivity contribution is -0.193. The van der Waals surface area contributed by atoms with Crippen LogP contribution in [0.3, 0.4) is 0 Å². The summed E-state index contributed by atoms with van der Waals surface area (Å²) in [4.78, 5) is 35.8. The number of halogens is 6. The third-order valence-corrected chi connectivity index (χ3v) is 5.59. The summed E-state index contributed by atoms with van der Waals surface area (Å²) >= 11 is 0. The van der Waals surface area contributed by atoms with Crippen molar-refractivity contribution in [1.82, 2.24) is 19.9 Å². The largest absolute Gasteiger partial charge is 0.490 e. The number of rotatable bonds is 4. The summed E-state index contributed by atoms with van der Waals surface area (Å²) in [5, 5.41) is 14.2. The van der Waals surface area contributed by atoms with Gasteiger partial charge in [0.25, 0.3) is 0 Å². The van der Waals surface area contributed by atoms with Crippen LogP contribution in [0.4, 0.5) is 32.3 Å². The average molecular weight is 537 g/mol. The van der Waals surface area contributed by atoms with E-state index in [1.165, 1.54) is 30.6 Å². The third kappa shape index (κ3) is 9.15. The molecule has 0 saturated carbocycles. The maximum atomic E-state index is 10.6. The lowest BCUT2D eigenvalue weighted by atomic mass is 9.79. The molecule has 2 aromatic rings. The van der Waals surface area contributed by atoms with E-state index in [0.717, 1.165) is 32.0 Å². The minimum atomic E-state index is -5.08. The Hall–Kier alpha value is -3.49. The van der Waals surface area contributed by atoms with Crippen LogP contribution in [0.2, 0.25) is 0 Å². The van der Waals surface area contributed by atoms with Crippen molar-refractivity contribution in [3.63, 3.8) is 0 Å². The van der Waals surface area contributed by atoms with E-state index in [2.05, 4.69) is 43.8 Å². The van der Waals surface area contributed by atoms with Crippen LogP contribution in [0.15, 0.2) is 36.9 Å². The highest BCUT2D eigenvalue weighted by molar-refractivity contribution is 5.73. The molecule has 4 rings (SSSR count). The first-order chi connectivity index (χ1) is 17.1. The van der Waals surface area contributed by atoms with Crippen molar-refractivity contribution >= 4 is 17.9 Å². The Morgan fingerprint density at radius 1 is 0.919 bits per heavy atom. The van der Waals surface area contributed by atoms with Crippen molar-refractivity contribution in [2.45, 2.75) is 38.7 Å². The summed E-state index contributed by atoms with van der Waals surface area (Å²) < 4.78 is 63.5. The Bertz CT molecular complexity index is 1000. The normalized spacial score (nSPS) is 16.7. The summed E-state index contributed by atoms with van der Waals surface area (Å²) in [7, 11) is 0. The molecule has 0 unspecified atom stereocenters. The lowest BCUT2D eigenvalue weighted by Crippen LogP contribution is -2.58. The summed E-state index contributed by atoms with van der Waals surface area (Å²) in [5.74, 6) is -4.62. The fourth-order valence-corrected chi connectivity index (χ4v) is 3.77. The predicted molar refractivity (Wildman–Crippen MR) is 118 cm³/mol. The number of hydrogen-bond donors (Lipinski definition) is 2. The fraction of sp³-hybridized carbons (Fsp3) is 0.500. The molecule has 15 heteroatoms. The van der Waals surface area contributed by atoms with Crippen LogP contribution < -0.4 is 4.90 Å². The molecule has 0 aromatic carbocycles. The Balaban J connectivity index is 0.000000286. The lowest BCUT2D eigenvalue weighted by Gasteiger charge is -2.48. The highest BCUT2D eigenvalue weighted by atomic mass is 19.4. The molecule has 2 saturated heterocycles. The summed E-state index contributed by atoms with van der Waals surface area (Å²) in [6.45, 7) is 7.71. The zero-order valence-electron chi connectivity index (χ0n) is 19.6. The maximum Gasteiger partial charge on any atom is 0.490 e. The molecule has 2 aliphatic heterocycles. The number of aromatic nitrogens is 3. The Labute approximate surface area is 207 Å². The number of alkyl halides is 6. The van der Waals surface area contributed by atoms with E-state index < -0.39 is 24.3 Å². The molecule has 2 aliphatic rings. The van der Waals surface area contributed by atoms with Crippen LogP contribution >= 0.6 is 0 Å². The van der Waals surface area contributed by atoms with Crippen LogP contribution in [0.25, 0.3) is 0 Å². The van der Waals surface area contributed by atoms with E-state index in [0.29, 0.717) is 5.41 Å². The van der Waals surface area contributed by atoms with Gasteiger partial charge in [0.2, 0.25) is 5.95 Å². The number of carbonyl (C=O) groups is 2. The Morgan fingerprint density at radius 3 is 1.84 bits per heavy atom. The number of anilines is 1. The van der Waals surface area contributed by atoms with Crippen molar-refractivity contribution in [1.29, 1.82) is 0 Å². The molecule has 2 aromatic heterocycles. The number of aliphatic carboxylic acids is 2. The molecular weight excluding hydrogens is 512 g/mol. The van der Waals surface area contributed by atoms with Gasteiger partial charge in [-0.15, -0.1) is 0 Å². The van der Waals surface area contributed by atoms with Gasteiger partial charge in [0.05, 0.1) is 0 Å².